The second-order valence-corrected chi connectivity index (χ2v) is 7.69. The zero-order valence-electron chi connectivity index (χ0n) is 16.5. The normalized spacial score (nSPS) is 15.9. The Labute approximate surface area is 168 Å². The van der Waals surface area contributed by atoms with Crippen LogP contribution in [0.3, 0.4) is 0 Å². The lowest BCUT2D eigenvalue weighted by Gasteiger charge is -2.30. The number of hydrogen-bond donors (Lipinski definition) is 1. The van der Waals surface area contributed by atoms with Crippen molar-refractivity contribution in [3.05, 3.63) is 76.7 Å². The van der Waals surface area contributed by atoms with Gasteiger partial charge in [-0.25, -0.2) is 19.0 Å². The van der Waals surface area contributed by atoms with Gasteiger partial charge in [0.2, 0.25) is 0 Å². The standard InChI is InChI=1S/C22H24N6O/c1-26-22(29)28(17-7-3-2-4-8-17)21(25-26)16-11-13-27(14-12-16)15-20-23-18-9-5-6-10-19(18)24-20/h2-10,16H,11-15H2,1H3,(H,23,24). The van der Waals surface area contributed by atoms with Crippen molar-refractivity contribution in [3.8, 4) is 5.69 Å². The molecule has 0 saturated carbocycles. The van der Waals surface area contributed by atoms with E-state index in [-0.39, 0.29) is 11.6 Å². The summed E-state index contributed by atoms with van der Waals surface area (Å²) < 4.78 is 3.21. The van der Waals surface area contributed by atoms with E-state index < -0.39 is 0 Å². The number of aryl methyl sites for hydroxylation is 1. The SMILES string of the molecule is Cn1nc(C2CCN(Cc3nc4ccccc4[nH]3)CC2)n(-c2ccccc2)c1=O. The number of para-hydroxylation sites is 3. The second-order valence-electron chi connectivity index (χ2n) is 7.69. The van der Waals surface area contributed by atoms with Crippen LogP contribution in [-0.2, 0) is 13.6 Å². The number of likely N-dealkylation sites (tertiary alicyclic amines) is 1. The summed E-state index contributed by atoms with van der Waals surface area (Å²) in [5.41, 5.74) is 2.89. The first-order valence-corrected chi connectivity index (χ1v) is 10.1. The van der Waals surface area contributed by atoms with E-state index >= 15 is 0 Å². The maximum atomic E-state index is 12.7. The van der Waals surface area contributed by atoms with Gasteiger partial charge < -0.3 is 4.98 Å². The fraction of sp³-hybridized carbons (Fsp3) is 0.318. The molecule has 0 atom stereocenters. The third-order valence-electron chi connectivity index (χ3n) is 5.73. The highest BCUT2D eigenvalue weighted by atomic mass is 16.2. The summed E-state index contributed by atoms with van der Waals surface area (Å²) in [6.07, 6.45) is 1.95. The predicted molar refractivity (Wildman–Crippen MR) is 112 cm³/mol. The molecule has 1 saturated heterocycles. The lowest BCUT2D eigenvalue weighted by atomic mass is 9.95. The molecule has 1 fully saturated rings. The minimum absolute atomic E-state index is 0.0871. The van der Waals surface area contributed by atoms with Gasteiger partial charge in [-0.05, 0) is 50.2 Å². The maximum absolute atomic E-state index is 12.7. The Bertz CT molecular complexity index is 1150. The minimum Gasteiger partial charge on any atom is -0.341 e. The Balaban J connectivity index is 1.32. The van der Waals surface area contributed by atoms with Crippen LogP contribution < -0.4 is 5.69 Å². The van der Waals surface area contributed by atoms with Crippen LogP contribution in [0.15, 0.2) is 59.4 Å². The number of fused-ring (bicyclic) bond motifs is 1. The Morgan fingerprint density at radius 2 is 1.76 bits per heavy atom. The van der Waals surface area contributed by atoms with E-state index in [9.17, 15) is 4.79 Å². The van der Waals surface area contributed by atoms with Crippen LogP contribution in [0, 0.1) is 0 Å². The van der Waals surface area contributed by atoms with Crippen LogP contribution in [0.2, 0.25) is 0 Å². The first kappa shape index (κ1) is 17.9. The number of nitrogens with one attached hydrogen (secondary N) is 1. The highest BCUT2D eigenvalue weighted by Crippen LogP contribution is 2.28. The monoisotopic (exact) mass is 388 g/mol. The van der Waals surface area contributed by atoms with Gasteiger partial charge in [-0.3, -0.25) is 4.90 Å². The smallest absolute Gasteiger partial charge is 0.341 e. The molecule has 7 heteroatoms. The van der Waals surface area contributed by atoms with E-state index in [0.717, 1.165) is 60.8 Å². The largest absolute Gasteiger partial charge is 0.350 e. The Kier molecular flexibility index (Phi) is 4.52. The molecule has 1 aliphatic rings. The van der Waals surface area contributed by atoms with E-state index in [1.54, 1.807) is 11.6 Å². The van der Waals surface area contributed by atoms with E-state index in [1.165, 1.54) is 4.68 Å². The topological polar surface area (TPSA) is 71.7 Å². The van der Waals surface area contributed by atoms with Crippen molar-refractivity contribution in [3.63, 3.8) is 0 Å². The molecule has 0 spiro atoms. The molecular weight excluding hydrogens is 364 g/mol. The predicted octanol–water partition coefficient (Wildman–Crippen LogP) is 2.83. The number of aromatic nitrogens is 5. The lowest BCUT2D eigenvalue weighted by Crippen LogP contribution is -2.34. The molecule has 2 aromatic heterocycles. The first-order chi connectivity index (χ1) is 14.2. The summed E-state index contributed by atoms with van der Waals surface area (Å²) in [7, 11) is 1.72. The summed E-state index contributed by atoms with van der Waals surface area (Å²) in [6.45, 7) is 2.73. The van der Waals surface area contributed by atoms with Crippen molar-refractivity contribution in [1.82, 2.24) is 29.2 Å². The molecule has 4 aromatic rings. The molecule has 0 amide bonds. The third-order valence-corrected chi connectivity index (χ3v) is 5.73. The van der Waals surface area contributed by atoms with Crippen LogP contribution >= 0.6 is 0 Å². The summed E-state index contributed by atoms with van der Waals surface area (Å²) in [6, 6.07) is 17.9. The molecule has 2 aromatic carbocycles. The Morgan fingerprint density at radius 3 is 2.52 bits per heavy atom. The number of H-pyrrole nitrogens is 1. The lowest BCUT2D eigenvalue weighted by molar-refractivity contribution is 0.197. The van der Waals surface area contributed by atoms with Crippen LogP contribution in [0.5, 0.6) is 0 Å². The summed E-state index contributed by atoms with van der Waals surface area (Å²) in [4.78, 5) is 23.2. The second kappa shape index (κ2) is 7.33. The fourth-order valence-electron chi connectivity index (χ4n) is 4.21. The van der Waals surface area contributed by atoms with Gasteiger partial charge in [-0.15, -0.1) is 0 Å². The fourth-order valence-corrected chi connectivity index (χ4v) is 4.21. The Hall–Kier alpha value is -3.19. The molecule has 148 valence electrons. The van der Waals surface area contributed by atoms with Crippen LogP contribution in [0.25, 0.3) is 16.7 Å². The van der Waals surface area contributed by atoms with Gasteiger partial charge in [0.25, 0.3) is 0 Å². The molecule has 29 heavy (non-hydrogen) atoms. The molecule has 0 bridgehead atoms. The highest BCUT2D eigenvalue weighted by Gasteiger charge is 2.27. The van der Waals surface area contributed by atoms with Gasteiger partial charge >= 0.3 is 5.69 Å². The molecule has 0 aliphatic carbocycles. The number of imidazole rings is 1. The van der Waals surface area contributed by atoms with Gasteiger partial charge in [-0.1, -0.05) is 30.3 Å². The van der Waals surface area contributed by atoms with Gasteiger partial charge in [0.1, 0.15) is 11.6 Å². The van der Waals surface area contributed by atoms with Crippen molar-refractivity contribution in [1.29, 1.82) is 0 Å². The first-order valence-electron chi connectivity index (χ1n) is 10.1. The molecule has 0 unspecified atom stereocenters. The quantitative estimate of drug-likeness (QED) is 0.584. The van der Waals surface area contributed by atoms with Crippen molar-refractivity contribution in [2.75, 3.05) is 13.1 Å². The molecule has 1 aliphatic heterocycles. The third kappa shape index (κ3) is 3.38. The van der Waals surface area contributed by atoms with Gasteiger partial charge in [0.15, 0.2) is 0 Å². The van der Waals surface area contributed by atoms with Crippen molar-refractivity contribution >= 4 is 11.0 Å². The van der Waals surface area contributed by atoms with Crippen molar-refractivity contribution in [2.24, 2.45) is 7.05 Å². The molecule has 1 N–H and O–H groups in total. The summed E-state index contributed by atoms with van der Waals surface area (Å²) in [5.74, 6) is 2.15. The molecule has 7 nitrogen and oxygen atoms in total. The summed E-state index contributed by atoms with van der Waals surface area (Å²) >= 11 is 0. The number of benzene rings is 2. The number of rotatable bonds is 4. The average Bonchev–Trinajstić information content (AvgIpc) is 3.29. The van der Waals surface area contributed by atoms with Crippen LogP contribution in [-0.4, -0.2) is 42.3 Å². The zero-order valence-corrected chi connectivity index (χ0v) is 16.5. The molecular formula is C22H24N6O. The number of hydrogen-bond acceptors (Lipinski definition) is 4. The number of aromatic amines is 1. The molecule has 3 heterocycles. The van der Waals surface area contributed by atoms with E-state index in [1.807, 2.05) is 48.5 Å². The summed E-state index contributed by atoms with van der Waals surface area (Å²) in [5, 5.41) is 4.58. The maximum Gasteiger partial charge on any atom is 0.350 e. The van der Waals surface area contributed by atoms with Crippen molar-refractivity contribution < 1.29 is 0 Å². The average molecular weight is 388 g/mol. The zero-order chi connectivity index (χ0) is 19.8. The van der Waals surface area contributed by atoms with Crippen LogP contribution in [0.4, 0.5) is 0 Å². The van der Waals surface area contributed by atoms with Crippen LogP contribution in [0.1, 0.15) is 30.4 Å². The molecule has 0 radical (unpaired) electrons. The highest BCUT2D eigenvalue weighted by molar-refractivity contribution is 5.74. The van der Waals surface area contributed by atoms with E-state index in [4.69, 9.17) is 4.98 Å². The van der Waals surface area contributed by atoms with E-state index in [2.05, 4.69) is 21.0 Å². The van der Waals surface area contributed by atoms with E-state index in [0.29, 0.717) is 0 Å². The number of nitrogens with zero attached hydrogens (tertiary/aromatic N) is 5. The Morgan fingerprint density at radius 1 is 1.03 bits per heavy atom. The molecule has 5 rings (SSSR count). The van der Waals surface area contributed by atoms with Gasteiger partial charge in [0.05, 0.1) is 23.3 Å². The van der Waals surface area contributed by atoms with Gasteiger partial charge in [-0.2, -0.15) is 5.10 Å². The van der Waals surface area contributed by atoms with Gasteiger partial charge in [0, 0.05) is 13.0 Å². The number of piperidine rings is 1. The minimum atomic E-state index is -0.0871. The van der Waals surface area contributed by atoms with Crippen molar-refractivity contribution in [2.45, 2.75) is 25.3 Å².